The SMILES string of the molecule is IC1[CH]CCCC1. The molecular formula is C6H10I. The van der Waals surface area contributed by atoms with E-state index in [4.69, 9.17) is 0 Å². The van der Waals surface area contributed by atoms with E-state index in [0.29, 0.717) is 0 Å². The molecule has 0 heterocycles. The third-order valence-corrected chi connectivity index (χ3v) is 2.49. The van der Waals surface area contributed by atoms with Crippen LogP contribution in [-0.4, -0.2) is 3.92 Å². The molecule has 1 unspecified atom stereocenters. The van der Waals surface area contributed by atoms with Crippen LogP contribution in [0.4, 0.5) is 0 Å². The number of hydrogen-bond donors (Lipinski definition) is 0. The van der Waals surface area contributed by atoms with Crippen LogP contribution in [0.5, 0.6) is 0 Å². The van der Waals surface area contributed by atoms with E-state index in [2.05, 4.69) is 29.0 Å². The van der Waals surface area contributed by atoms with Crippen molar-refractivity contribution in [3.8, 4) is 0 Å². The zero-order valence-electron chi connectivity index (χ0n) is 4.36. The van der Waals surface area contributed by atoms with Crippen LogP contribution in [0.1, 0.15) is 25.7 Å². The maximum Gasteiger partial charge on any atom is 0.0141 e. The summed E-state index contributed by atoms with van der Waals surface area (Å²) < 4.78 is 0.881. The molecule has 41 valence electrons. The Morgan fingerprint density at radius 3 is 2.57 bits per heavy atom. The lowest BCUT2D eigenvalue weighted by atomic mass is 10.0. The summed E-state index contributed by atoms with van der Waals surface area (Å²) in [5.41, 5.74) is 0. The van der Waals surface area contributed by atoms with E-state index in [0.717, 1.165) is 3.92 Å². The Kier molecular flexibility index (Phi) is 2.43. The minimum absolute atomic E-state index is 0.881. The standard InChI is InChI=1S/C6H10I/c7-6-4-2-1-3-5-6/h4,6H,1-3,5H2. The predicted octanol–water partition coefficient (Wildman–Crippen LogP) is 2.57. The highest BCUT2D eigenvalue weighted by Crippen LogP contribution is 2.22. The van der Waals surface area contributed by atoms with E-state index in [9.17, 15) is 0 Å². The largest absolute Gasteiger partial charge is 0.0823 e. The summed E-state index contributed by atoms with van der Waals surface area (Å²) in [5, 5.41) is 0. The second kappa shape index (κ2) is 2.90. The molecule has 1 atom stereocenters. The van der Waals surface area contributed by atoms with Gasteiger partial charge in [0, 0.05) is 3.92 Å². The summed E-state index contributed by atoms with van der Waals surface area (Å²) in [5.74, 6) is 0. The molecule has 0 nitrogen and oxygen atoms in total. The van der Waals surface area contributed by atoms with Gasteiger partial charge in [-0.3, -0.25) is 0 Å². The van der Waals surface area contributed by atoms with Crippen molar-refractivity contribution >= 4 is 22.6 Å². The van der Waals surface area contributed by atoms with Crippen molar-refractivity contribution in [3.63, 3.8) is 0 Å². The van der Waals surface area contributed by atoms with Gasteiger partial charge in [-0.15, -0.1) is 0 Å². The molecule has 0 N–H and O–H groups in total. The Labute approximate surface area is 58.8 Å². The van der Waals surface area contributed by atoms with Crippen molar-refractivity contribution in [1.82, 2.24) is 0 Å². The molecule has 0 aromatic carbocycles. The number of hydrogen-bond acceptors (Lipinski definition) is 0. The number of rotatable bonds is 0. The van der Waals surface area contributed by atoms with Gasteiger partial charge in [-0.25, -0.2) is 0 Å². The molecule has 0 amide bonds. The van der Waals surface area contributed by atoms with E-state index in [1.165, 1.54) is 25.7 Å². The summed E-state index contributed by atoms with van der Waals surface area (Å²) in [4.78, 5) is 0. The molecule has 0 bridgehead atoms. The molecule has 7 heavy (non-hydrogen) atoms. The van der Waals surface area contributed by atoms with E-state index >= 15 is 0 Å². The van der Waals surface area contributed by atoms with Crippen molar-refractivity contribution in [2.24, 2.45) is 0 Å². The van der Waals surface area contributed by atoms with Crippen LogP contribution in [0, 0.1) is 6.42 Å². The van der Waals surface area contributed by atoms with Crippen molar-refractivity contribution in [1.29, 1.82) is 0 Å². The van der Waals surface area contributed by atoms with Crippen LogP contribution in [0.2, 0.25) is 0 Å². The molecule has 1 fully saturated rings. The zero-order valence-corrected chi connectivity index (χ0v) is 6.52. The molecule has 1 rings (SSSR count). The molecule has 1 aliphatic rings. The van der Waals surface area contributed by atoms with Crippen molar-refractivity contribution in [2.75, 3.05) is 0 Å². The molecule has 0 aromatic rings. The predicted molar refractivity (Wildman–Crippen MR) is 40.6 cm³/mol. The first-order chi connectivity index (χ1) is 3.39. The smallest absolute Gasteiger partial charge is 0.0141 e. The Morgan fingerprint density at radius 1 is 1.43 bits per heavy atom. The van der Waals surface area contributed by atoms with Gasteiger partial charge in [0.05, 0.1) is 0 Å². The zero-order chi connectivity index (χ0) is 5.11. The van der Waals surface area contributed by atoms with Crippen molar-refractivity contribution in [3.05, 3.63) is 6.42 Å². The lowest BCUT2D eigenvalue weighted by Gasteiger charge is -2.13. The van der Waals surface area contributed by atoms with E-state index in [1.54, 1.807) is 0 Å². The normalized spacial score (nSPS) is 25.3. The molecule has 0 spiro atoms. The maximum absolute atomic E-state index is 2.50. The Balaban J connectivity index is 2.12. The molecular weight excluding hydrogens is 199 g/mol. The second-order valence-corrected chi connectivity index (χ2v) is 3.64. The van der Waals surface area contributed by atoms with Gasteiger partial charge in [0.2, 0.25) is 0 Å². The summed E-state index contributed by atoms with van der Waals surface area (Å²) in [6, 6.07) is 0. The third-order valence-electron chi connectivity index (χ3n) is 1.36. The third kappa shape index (κ3) is 1.98. The van der Waals surface area contributed by atoms with E-state index < -0.39 is 0 Å². The first-order valence-electron chi connectivity index (χ1n) is 2.87. The first kappa shape index (κ1) is 5.86. The summed E-state index contributed by atoms with van der Waals surface area (Å²) in [7, 11) is 0. The molecule has 1 heteroatoms. The summed E-state index contributed by atoms with van der Waals surface area (Å²) >= 11 is 2.50. The second-order valence-electron chi connectivity index (χ2n) is 2.04. The van der Waals surface area contributed by atoms with Crippen LogP contribution in [0.3, 0.4) is 0 Å². The Morgan fingerprint density at radius 2 is 2.29 bits per heavy atom. The highest BCUT2D eigenvalue weighted by Gasteiger charge is 2.07. The van der Waals surface area contributed by atoms with Crippen molar-refractivity contribution in [2.45, 2.75) is 29.6 Å². The van der Waals surface area contributed by atoms with Gasteiger partial charge in [0.15, 0.2) is 0 Å². The minimum Gasteiger partial charge on any atom is -0.0823 e. The van der Waals surface area contributed by atoms with Gasteiger partial charge in [0.1, 0.15) is 0 Å². The fourth-order valence-electron chi connectivity index (χ4n) is 0.900. The molecule has 1 aliphatic carbocycles. The molecule has 0 saturated heterocycles. The number of halogens is 1. The average molecular weight is 209 g/mol. The highest BCUT2D eigenvalue weighted by atomic mass is 127. The van der Waals surface area contributed by atoms with Crippen LogP contribution in [0.15, 0.2) is 0 Å². The van der Waals surface area contributed by atoms with Crippen LogP contribution >= 0.6 is 22.6 Å². The lowest BCUT2D eigenvalue weighted by molar-refractivity contribution is 0.614. The van der Waals surface area contributed by atoms with Crippen LogP contribution in [-0.2, 0) is 0 Å². The van der Waals surface area contributed by atoms with Crippen LogP contribution in [0.25, 0.3) is 0 Å². The number of alkyl halides is 1. The molecule has 1 saturated carbocycles. The van der Waals surface area contributed by atoms with Gasteiger partial charge in [-0.2, -0.15) is 0 Å². The summed E-state index contributed by atoms with van der Waals surface area (Å²) in [6.45, 7) is 0. The van der Waals surface area contributed by atoms with Gasteiger partial charge < -0.3 is 0 Å². The molecule has 0 aliphatic heterocycles. The fraction of sp³-hybridized carbons (Fsp3) is 0.833. The minimum atomic E-state index is 0.881. The topological polar surface area (TPSA) is 0 Å². The maximum atomic E-state index is 2.50. The quantitative estimate of drug-likeness (QED) is 0.424. The van der Waals surface area contributed by atoms with E-state index in [1.807, 2.05) is 0 Å². The lowest BCUT2D eigenvalue weighted by Crippen LogP contribution is -2.03. The van der Waals surface area contributed by atoms with Gasteiger partial charge in [-0.05, 0) is 19.3 Å². The van der Waals surface area contributed by atoms with Gasteiger partial charge in [0.25, 0.3) is 0 Å². The highest BCUT2D eigenvalue weighted by molar-refractivity contribution is 14.1. The molecule has 0 aromatic heterocycles. The van der Waals surface area contributed by atoms with E-state index in [-0.39, 0.29) is 0 Å². The Bertz CT molecular complexity index is 46.1. The average Bonchev–Trinajstić information content (AvgIpc) is 1.69. The fourth-order valence-corrected chi connectivity index (χ4v) is 1.70. The van der Waals surface area contributed by atoms with Crippen LogP contribution < -0.4 is 0 Å². The Hall–Kier alpha value is 0.730. The molecule has 1 radical (unpaired) electrons. The summed E-state index contributed by atoms with van der Waals surface area (Å²) in [6.07, 6.45) is 8.07. The van der Waals surface area contributed by atoms with Gasteiger partial charge >= 0.3 is 0 Å². The monoisotopic (exact) mass is 209 g/mol. The van der Waals surface area contributed by atoms with Crippen molar-refractivity contribution < 1.29 is 0 Å². The first-order valence-corrected chi connectivity index (χ1v) is 4.11. The van der Waals surface area contributed by atoms with Gasteiger partial charge in [-0.1, -0.05) is 35.4 Å².